The van der Waals surface area contributed by atoms with Crippen LogP contribution in [-0.4, -0.2) is 11.7 Å². The maximum atomic E-state index is 13.0. The number of nitrogens with one attached hydrogen (secondary N) is 1. The van der Waals surface area contributed by atoms with E-state index >= 15 is 0 Å². The van der Waals surface area contributed by atoms with Gasteiger partial charge in [-0.05, 0) is 61.2 Å². The smallest absolute Gasteiger partial charge is 0.123 e. The van der Waals surface area contributed by atoms with Crippen LogP contribution in [0.5, 0.6) is 5.75 Å². The van der Waals surface area contributed by atoms with E-state index in [4.69, 9.17) is 0 Å². The zero-order chi connectivity index (χ0) is 14.5. The van der Waals surface area contributed by atoms with Crippen LogP contribution >= 0.6 is 0 Å². The van der Waals surface area contributed by atoms with Gasteiger partial charge in [-0.15, -0.1) is 0 Å². The zero-order valence-corrected chi connectivity index (χ0v) is 11.9. The van der Waals surface area contributed by atoms with E-state index in [1.165, 1.54) is 6.07 Å². The Morgan fingerprint density at radius 3 is 2.40 bits per heavy atom. The van der Waals surface area contributed by atoms with Crippen LogP contribution in [0.4, 0.5) is 4.39 Å². The summed E-state index contributed by atoms with van der Waals surface area (Å²) in [6, 6.07) is 10.7. The van der Waals surface area contributed by atoms with Crippen molar-refractivity contribution in [2.24, 2.45) is 0 Å². The van der Waals surface area contributed by atoms with Crippen LogP contribution in [0, 0.1) is 19.7 Å². The molecular weight excluding hydrogens is 253 g/mol. The Labute approximate surface area is 119 Å². The second kappa shape index (κ2) is 6.53. The van der Waals surface area contributed by atoms with Crippen LogP contribution in [0.2, 0.25) is 0 Å². The summed E-state index contributed by atoms with van der Waals surface area (Å²) in [7, 11) is 0. The lowest BCUT2D eigenvalue weighted by Crippen LogP contribution is -2.16. The molecule has 0 saturated heterocycles. The molecule has 2 nitrogen and oxygen atoms in total. The molecule has 2 aromatic rings. The van der Waals surface area contributed by atoms with Gasteiger partial charge in [0.2, 0.25) is 0 Å². The summed E-state index contributed by atoms with van der Waals surface area (Å²) < 4.78 is 13.0. The number of phenolic OH excluding ortho intramolecular Hbond substituents is 1. The van der Waals surface area contributed by atoms with Crippen molar-refractivity contribution in [3.8, 4) is 5.75 Å². The van der Waals surface area contributed by atoms with Crippen molar-refractivity contribution < 1.29 is 9.50 Å². The van der Waals surface area contributed by atoms with Gasteiger partial charge in [0.1, 0.15) is 11.6 Å². The SMILES string of the molecule is Cc1cc(CNCCc2cccc(F)c2)cc(C)c1O. The van der Waals surface area contributed by atoms with Gasteiger partial charge >= 0.3 is 0 Å². The standard InChI is InChI=1S/C17H20FNO/c1-12-8-15(9-13(2)17(12)20)11-19-7-6-14-4-3-5-16(18)10-14/h3-5,8-10,19-20H,6-7,11H2,1-2H3. The van der Waals surface area contributed by atoms with Crippen molar-refractivity contribution in [2.75, 3.05) is 6.54 Å². The Morgan fingerprint density at radius 2 is 1.75 bits per heavy atom. The molecule has 0 aliphatic rings. The van der Waals surface area contributed by atoms with E-state index in [0.717, 1.165) is 41.8 Å². The predicted molar refractivity (Wildman–Crippen MR) is 79.4 cm³/mol. The Bertz CT molecular complexity index is 572. The molecule has 0 unspecified atom stereocenters. The second-order valence-corrected chi connectivity index (χ2v) is 5.13. The summed E-state index contributed by atoms with van der Waals surface area (Å²) in [5, 5.41) is 13.1. The summed E-state index contributed by atoms with van der Waals surface area (Å²) >= 11 is 0. The lowest BCUT2D eigenvalue weighted by Gasteiger charge is -2.09. The van der Waals surface area contributed by atoms with Crippen LogP contribution < -0.4 is 5.32 Å². The first-order chi connectivity index (χ1) is 9.56. The highest BCUT2D eigenvalue weighted by molar-refractivity contribution is 5.42. The fourth-order valence-corrected chi connectivity index (χ4v) is 2.31. The van der Waals surface area contributed by atoms with E-state index in [9.17, 15) is 9.50 Å². The first-order valence-corrected chi connectivity index (χ1v) is 6.80. The molecule has 0 atom stereocenters. The summed E-state index contributed by atoms with van der Waals surface area (Å²) in [6.45, 7) is 5.34. The van der Waals surface area contributed by atoms with E-state index in [-0.39, 0.29) is 5.82 Å². The number of hydrogen-bond acceptors (Lipinski definition) is 2. The number of hydrogen-bond donors (Lipinski definition) is 2. The quantitative estimate of drug-likeness (QED) is 0.817. The van der Waals surface area contributed by atoms with Gasteiger partial charge < -0.3 is 10.4 Å². The van der Waals surface area contributed by atoms with E-state index in [1.807, 2.05) is 32.0 Å². The number of rotatable bonds is 5. The average molecular weight is 273 g/mol. The molecule has 0 radical (unpaired) electrons. The summed E-state index contributed by atoms with van der Waals surface area (Å²) in [5.74, 6) is 0.181. The third kappa shape index (κ3) is 3.81. The Kier molecular flexibility index (Phi) is 4.74. The second-order valence-electron chi connectivity index (χ2n) is 5.13. The lowest BCUT2D eigenvalue weighted by atomic mass is 10.1. The molecule has 0 aliphatic heterocycles. The fourth-order valence-electron chi connectivity index (χ4n) is 2.31. The molecule has 0 bridgehead atoms. The molecule has 0 aromatic heterocycles. The molecule has 106 valence electrons. The molecule has 2 aromatic carbocycles. The summed E-state index contributed by atoms with van der Waals surface area (Å²) in [4.78, 5) is 0. The van der Waals surface area contributed by atoms with Crippen molar-refractivity contribution in [1.29, 1.82) is 0 Å². The fraction of sp³-hybridized carbons (Fsp3) is 0.294. The third-order valence-electron chi connectivity index (χ3n) is 3.36. The average Bonchev–Trinajstić information content (AvgIpc) is 2.41. The highest BCUT2D eigenvalue weighted by Crippen LogP contribution is 2.22. The Hall–Kier alpha value is -1.87. The van der Waals surface area contributed by atoms with Gasteiger partial charge in [0.15, 0.2) is 0 Å². The van der Waals surface area contributed by atoms with Crippen LogP contribution in [0.1, 0.15) is 22.3 Å². The van der Waals surface area contributed by atoms with E-state index in [1.54, 1.807) is 12.1 Å². The molecule has 0 fully saturated rings. The van der Waals surface area contributed by atoms with Crippen molar-refractivity contribution in [3.63, 3.8) is 0 Å². The van der Waals surface area contributed by atoms with Crippen molar-refractivity contribution in [2.45, 2.75) is 26.8 Å². The highest BCUT2D eigenvalue weighted by atomic mass is 19.1. The minimum Gasteiger partial charge on any atom is -0.507 e. The van der Waals surface area contributed by atoms with Gasteiger partial charge in [0.05, 0.1) is 0 Å². The van der Waals surface area contributed by atoms with E-state index < -0.39 is 0 Å². The minimum absolute atomic E-state index is 0.188. The zero-order valence-electron chi connectivity index (χ0n) is 11.9. The molecule has 0 heterocycles. The molecule has 0 spiro atoms. The van der Waals surface area contributed by atoms with Crippen LogP contribution in [0.25, 0.3) is 0 Å². The van der Waals surface area contributed by atoms with Crippen LogP contribution in [0.15, 0.2) is 36.4 Å². The lowest BCUT2D eigenvalue weighted by molar-refractivity contribution is 0.466. The topological polar surface area (TPSA) is 32.3 Å². The molecule has 3 heteroatoms. The number of halogens is 1. The number of benzene rings is 2. The van der Waals surface area contributed by atoms with Crippen molar-refractivity contribution in [1.82, 2.24) is 5.32 Å². The summed E-state index contributed by atoms with van der Waals surface area (Å²) in [5.41, 5.74) is 3.94. The Balaban J connectivity index is 1.84. The van der Waals surface area contributed by atoms with Gasteiger partial charge in [0, 0.05) is 6.54 Å². The molecule has 20 heavy (non-hydrogen) atoms. The minimum atomic E-state index is -0.188. The van der Waals surface area contributed by atoms with E-state index in [0.29, 0.717) is 5.75 Å². The molecule has 0 amide bonds. The number of aromatic hydroxyl groups is 1. The molecule has 0 aliphatic carbocycles. The highest BCUT2D eigenvalue weighted by Gasteiger charge is 2.03. The Morgan fingerprint density at radius 1 is 1.05 bits per heavy atom. The first-order valence-electron chi connectivity index (χ1n) is 6.80. The maximum Gasteiger partial charge on any atom is 0.123 e. The van der Waals surface area contributed by atoms with Crippen molar-refractivity contribution in [3.05, 3.63) is 64.5 Å². The molecule has 2 N–H and O–H groups in total. The molecular formula is C17H20FNO. The summed E-state index contributed by atoms with van der Waals surface area (Å²) in [6.07, 6.45) is 0.799. The normalized spacial score (nSPS) is 10.8. The number of aryl methyl sites for hydroxylation is 2. The van der Waals surface area contributed by atoms with Gasteiger partial charge in [0.25, 0.3) is 0 Å². The van der Waals surface area contributed by atoms with Gasteiger partial charge in [-0.1, -0.05) is 24.3 Å². The van der Waals surface area contributed by atoms with E-state index in [2.05, 4.69) is 5.32 Å². The number of phenols is 1. The predicted octanol–water partition coefficient (Wildman–Crippen LogP) is 3.48. The third-order valence-corrected chi connectivity index (χ3v) is 3.36. The largest absolute Gasteiger partial charge is 0.507 e. The first kappa shape index (κ1) is 14.5. The monoisotopic (exact) mass is 273 g/mol. The van der Waals surface area contributed by atoms with Crippen LogP contribution in [0.3, 0.4) is 0 Å². The van der Waals surface area contributed by atoms with Crippen molar-refractivity contribution >= 4 is 0 Å². The molecule has 0 saturated carbocycles. The van der Waals surface area contributed by atoms with Gasteiger partial charge in [-0.3, -0.25) is 0 Å². The molecule has 2 rings (SSSR count). The maximum absolute atomic E-state index is 13.0. The van der Waals surface area contributed by atoms with Crippen LogP contribution in [-0.2, 0) is 13.0 Å². The van der Waals surface area contributed by atoms with Gasteiger partial charge in [-0.2, -0.15) is 0 Å². The van der Waals surface area contributed by atoms with Gasteiger partial charge in [-0.25, -0.2) is 4.39 Å².